The molecule has 0 heterocycles. The van der Waals surface area contributed by atoms with E-state index in [1.54, 1.807) is 32.9 Å². The lowest BCUT2D eigenvalue weighted by atomic mass is 10.0. The first-order valence-corrected chi connectivity index (χ1v) is 5.16. The molecule has 0 aromatic heterocycles. The number of phenols is 1. The van der Waals surface area contributed by atoms with Crippen LogP contribution in [0.5, 0.6) is 5.75 Å². The molecule has 0 radical (unpaired) electrons. The molecule has 0 saturated carbocycles. The first kappa shape index (κ1) is 12.5. The summed E-state index contributed by atoms with van der Waals surface area (Å²) in [7, 11) is 0. The van der Waals surface area contributed by atoms with Gasteiger partial charge in [0.2, 0.25) is 5.91 Å². The van der Waals surface area contributed by atoms with Gasteiger partial charge in [-0.3, -0.25) is 4.79 Å². The normalized spacial score (nSPS) is 11.2. The molecule has 0 atom stereocenters. The maximum Gasteiger partial charge on any atom is 0.226 e. The number of anilines is 1. The van der Waals surface area contributed by atoms with Gasteiger partial charge < -0.3 is 16.2 Å². The Bertz CT molecular complexity index is 394. The van der Waals surface area contributed by atoms with Crippen molar-refractivity contribution in [3.8, 4) is 5.75 Å². The van der Waals surface area contributed by atoms with Crippen molar-refractivity contribution in [2.75, 3.05) is 5.32 Å². The van der Waals surface area contributed by atoms with E-state index in [0.29, 0.717) is 5.69 Å². The summed E-state index contributed by atoms with van der Waals surface area (Å²) in [4.78, 5) is 11.6. The maximum absolute atomic E-state index is 11.6. The molecule has 1 rings (SSSR count). The Labute approximate surface area is 95.5 Å². The topological polar surface area (TPSA) is 75.4 Å². The van der Waals surface area contributed by atoms with Gasteiger partial charge in [0.05, 0.1) is 0 Å². The van der Waals surface area contributed by atoms with Gasteiger partial charge in [-0.1, -0.05) is 6.07 Å². The zero-order chi connectivity index (χ0) is 12.3. The predicted octanol–water partition coefficient (Wildman–Crippen LogP) is 1.77. The number of nitrogens with one attached hydrogen (secondary N) is 1. The minimum atomic E-state index is -0.531. The van der Waals surface area contributed by atoms with Gasteiger partial charge in [0.1, 0.15) is 5.75 Å². The average Bonchev–Trinajstić information content (AvgIpc) is 2.08. The van der Waals surface area contributed by atoms with E-state index in [0.717, 1.165) is 5.56 Å². The van der Waals surface area contributed by atoms with Crippen molar-refractivity contribution in [3.63, 3.8) is 0 Å². The van der Waals surface area contributed by atoms with Gasteiger partial charge in [0.25, 0.3) is 0 Å². The highest BCUT2D eigenvalue weighted by molar-refractivity contribution is 5.91. The van der Waals surface area contributed by atoms with Crippen LogP contribution in [0.4, 0.5) is 5.69 Å². The van der Waals surface area contributed by atoms with Crippen LogP contribution in [0.15, 0.2) is 18.2 Å². The number of benzene rings is 1. The van der Waals surface area contributed by atoms with E-state index in [2.05, 4.69) is 5.32 Å². The van der Waals surface area contributed by atoms with Gasteiger partial charge in [-0.2, -0.15) is 0 Å². The largest absolute Gasteiger partial charge is 0.508 e. The fourth-order valence-electron chi connectivity index (χ4n) is 1.31. The molecule has 0 aliphatic carbocycles. The zero-order valence-electron chi connectivity index (χ0n) is 9.87. The minimum Gasteiger partial charge on any atom is -0.508 e. The van der Waals surface area contributed by atoms with Gasteiger partial charge in [-0.15, -0.1) is 0 Å². The van der Waals surface area contributed by atoms with Crippen LogP contribution in [0.3, 0.4) is 0 Å². The van der Waals surface area contributed by atoms with E-state index in [1.165, 1.54) is 6.07 Å². The lowest BCUT2D eigenvalue weighted by Gasteiger charge is -2.17. The number of carbonyl (C=O) groups excluding carboxylic acids is 1. The van der Waals surface area contributed by atoms with Gasteiger partial charge in [0.15, 0.2) is 0 Å². The van der Waals surface area contributed by atoms with Crippen LogP contribution in [0.1, 0.15) is 25.8 Å². The molecule has 0 saturated heterocycles. The van der Waals surface area contributed by atoms with Crippen LogP contribution in [-0.4, -0.2) is 16.6 Å². The average molecular weight is 222 g/mol. The van der Waals surface area contributed by atoms with Crippen LogP contribution in [0.2, 0.25) is 0 Å². The van der Waals surface area contributed by atoms with Crippen molar-refractivity contribution in [2.45, 2.75) is 32.7 Å². The zero-order valence-corrected chi connectivity index (χ0v) is 9.87. The highest BCUT2D eigenvalue weighted by atomic mass is 16.3. The number of phenolic OH excluding ortho intramolecular Hbond substituents is 1. The molecule has 1 aromatic rings. The standard InChI is InChI=1S/C12H18N2O2/c1-8-4-5-9(6-10(8)15)14-11(16)7-12(2,3)13/h4-6,15H,7,13H2,1-3H3,(H,14,16). The molecule has 4 N–H and O–H groups in total. The number of amides is 1. The van der Waals surface area contributed by atoms with Crippen molar-refractivity contribution in [1.82, 2.24) is 0 Å². The van der Waals surface area contributed by atoms with Crippen molar-refractivity contribution < 1.29 is 9.90 Å². The van der Waals surface area contributed by atoms with Gasteiger partial charge in [0, 0.05) is 23.7 Å². The molecule has 0 aliphatic rings. The number of hydrogen-bond acceptors (Lipinski definition) is 3. The third-order valence-electron chi connectivity index (χ3n) is 2.11. The third-order valence-corrected chi connectivity index (χ3v) is 2.11. The summed E-state index contributed by atoms with van der Waals surface area (Å²) in [6.45, 7) is 5.38. The van der Waals surface area contributed by atoms with Crippen molar-refractivity contribution >= 4 is 11.6 Å². The second kappa shape index (κ2) is 4.53. The molecule has 0 spiro atoms. The van der Waals surface area contributed by atoms with E-state index in [9.17, 15) is 9.90 Å². The first-order chi connectivity index (χ1) is 7.28. The Morgan fingerprint density at radius 1 is 1.50 bits per heavy atom. The Morgan fingerprint density at radius 3 is 2.62 bits per heavy atom. The molecule has 16 heavy (non-hydrogen) atoms. The molecule has 0 bridgehead atoms. The molecule has 0 unspecified atom stereocenters. The number of hydrogen-bond donors (Lipinski definition) is 3. The molecular weight excluding hydrogens is 204 g/mol. The maximum atomic E-state index is 11.6. The smallest absolute Gasteiger partial charge is 0.226 e. The monoisotopic (exact) mass is 222 g/mol. The summed E-state index contributed by atoms with van der Waals surface area (Å²) in [6.07, 6.45) is 0.238. The molecule has 1 aromatic carbocycles. The van der Waals surface area contributed by atoms with Crippen LogP contribution in [-0.2, 0) is 4.79 Å². The number of rotatable bonds is 3. The predicted molar refractivity (Wildman–Crippen MR) is 64.4 cm³/mol. The summed E-state index contributed by atoms with van der Waals surface area (Å²) in [5, 5.41) is 12.2. The molecular formula is C12H18N2O2. The highest BCUT2D eigenvalue weighted by Crippen LogP contribution is 2.21. The van der Waals surface area contributed by atoms with E-state index in [-0.39, 0.29) is 18.1 Å². The van der Waals surface area contributed by atoms with E-state index in [4.69, 9.17) is 5.73 Å². The summed E-state index contributed by atoms with van der Waals surface area (Å²) >= 11 is 0. The Balaban J connectivity index is 2.67. The summed E-state index contributed by atoms with van der Waals surface area (Å²) in [5.74, 6) is 0.0144. The summed E-state index contributed by atoms with van der Waals surface area (Å²) in [5.41, 5.74) is 6.56. The molecule has 1 amide bonds. The Morgan fingerprint density at radius 2 is 2.12 bits per heavy atom. The van der Waals surface area contributed by atoms with Crippen LogP contribution in [0, 0.1) is 6.92 Å². The molecule has 4 heteroatoms. The van der Waals surface area contributed by atoms with E-state index in [1.807, 2.05) is 0 Å². The quantitative estimate of drug-likeness (QED) is 0.729. The molecule has 0 aliphatic heterocycles. The number of aryl methyl sites for hydroxylation is 1. The van der Waals surface area contributed by atoms with Crippen LogP contribution < -0.4 is 11.1 Å². The van der Waals surface area contributed by atoms with Crippen molar-refractivity contribution in [3.05, 3.63) is 23.8 Å². The summed E-state index contributed by atoms with van der Waals surface area (Å²) < 4.78 is 0. The third kappa shape index (κ3) is 3.90. The van der Waals surface area contributed by atoms with Gasteiger partial charge in [-0.25, -0.2) is 0 Å². The second-order valence-electron chi connectivity index (χ2n) is 4.71. The molecule has 4 nitrogen and oxygen atoms in total. The number of nitrogens with two attached hydrogens (primary N) is 1. The minimum absolute atomic E-state index is 0.157. The van der Waals surface area contributed by atoms with E-state index < -0.39 is 5.54 Å². The Hall–Kier alpha value is -1.55. The Kier molecular flexibility index (Phi) is 3.55. The second-order valence-corrected chi connectivity index (χ2v) is 4.71. The lowest BCUT2D eigenvalue weighted by molar-refractivity contribution is -0.117. The summed E-state index contributed by atoms with van der Waals surface area (Å²) in [6, 6.07) is 5.02. The highest BCUT2D eigenvalue weighted by Gasteiger charge is 2.16. The number of aromatic hydroxyl groups is 1. The SMILES string of the molecule is Cc1ccc(NC(=O)CC(C)(C)N)cc1O. The van der Waals surface area contributed by atoms with Crippen LogP contribution >= 0.6 is 0 Å². The number of carbonyl (C=O) groups is 1. The first-order valence-electron chi connectivity index (χ1n) is 5.16. The van der Waals surface area contributed by atoms with Crippen molar-refractivity contribution in [1.29, 1.82) is 0 Å². The van der Waals surface area contributed by atoms with Gasteiger partial charge in [-0.05, 0) is 32.4 Å². The fourth-order valence-corrected chi connectivity index (χ4v) is 1.31. The molecule has 88 valence electrons. The fraction of sp³-hybridized carbons (Fsp3) is 0.417. The van der Waals surface area contributed by atoms with Crippen molar-refractivity contribution in [2.24, 2.45) is 5.73 Å². The lowest BCUT2D eigenvalue weighted by Crippen LogP contribution is -2.36. The van der Waals surface area contributed by atoms with Crippen LogP contribution in [0.25, 0.3) is 0 Å². The van der Waals surface area contributed by atoms with Gasteiger partial charge >= 0.3 is 0 Å². The molecule has 0 fully saturated rings. The van der Waals surface area contributed by atoms with E-state index >= 15 is 0 Å².